The third-order valence-corrected chi connectivity index (χ3v) is 5.12. The number of hydrogen-bond acceptors (Lipinski definition) is 3. The first-order valence-electron chi connectivity index (χ1n) is 6.97. The summed E-state index contributed by atoms with van der Waals surface area (Å²) < 4.78 is 5.62. The van der Waals surface area contributed by atoms with Gasteiger partial charge in [-0.05, 0) is 17.7 Å². The maximum Gasteiger partial charge on any atom is 0.291 e. The zero-order chi connectivity index (χ0) is 16.2. The quantitative estimate of drug-likeness (QED) is 0.825. The largest absolute Gasteiger partial charge is 0.486 e. The summed E-state index contributed by atoms with van der Waals surface area (Å²) in [7, 11) is 0. The van der Waals surface area contributed by atoms with E-state index in [4.69, 9.17) is 27.9 Å². The van der Waals surface area contributed by atoms with Crippen molar-refractivity contribution in [2.45, 2.75) is 0 Å². The summed E-state index contributed by atoms with van der Waals surface area (Å²) in [4.78, 5) is 13.4. The van der Waals surface area contributed by atoms with E-state index in [1.165, 1.54) is 0 Å². The smallest absolute Gasteiger partial charge is 0.291 e. The van der Waals surface area contributed by atoms with Crippen LogP contribution in [0.15, 0.2) is 54.3 Å². The molecule has 0 fully saturated rings. The summed E-state index contributed by atoms with van der Waals surface area (Å²) >= 11 is 13.7. The Hall–Kier alpha value is -1.62. The third-order valence-electron chi connectivity index (χ3n) is 3.22. The molecule has 0 spiro atoms. The minimum atomic E-state index is -0.333. The molecule has 2 aromatic rings. The molecule has 3 nitrogen and oxygen atoms in total. The predicted octanol–water partition coefficient (Wildman–Crippen LogP) is 5.06. The second-order valence-electron chi connectivity index (χ2n) is 4.78. The molecule has 1 heterocycles. The van der Waals surface area contributed by atoms with Crippen molar-refractivity contribution in [2.75, 3.05) is 17.7 Å². The third kappa shape index (κ3) is 3.66. The fourth-order valence-corrected chi connectivity index (χ4v) is 3.47. The summed E-state index contributed by atoms with van der Waals surface area (Å²) in [6.07, 6.45) is 0. The van der Waals surface area contributed by atoms with Crippen LogP contribution in [0.3, 0.4) is 0 Å². The number of amides is 1. The highest BCUT2D eigenvalue weighted by Crippen LogP contribution is 2.36. The number of carbonyl (C=O) groups is 1. The number of halogens is 2. The van der Waals surface area contributed by atoms with Crippen LogP contribution in [0.4, 0.5) is 5.69 Å². The van der Waals surface area contributed by atoms with E-state index in [9.17, 15) is 4.79 Å². The lowest BCUT2D eigenvalue weighted by Gasteiger charge is -2.20. The molecule has 1 aliphatic rings. The van der Waals surface area contributed by atoms with E-state index in [1.54, 1.807) is 30.0 Å². The number of anilines is 1. The van der Waals surface area contributed by atoms with E-state index < -0.39 is 0 Å². The maximum absolute atomic E-state index is 12.6. The summed E-state index contributed by atoms with van der Waals surface area (Å²) in [6.45, 7) is 0.493. The molecule has 0 saturated heterocycles. The number of carbonyl (C=O) groups excluding carboxylic acids is 1. The van der Waals surface area contributed by atoms with Gasteiger partial charge in [-0.2, -0.15) is 0 Å². The van der Waals surface area contributed by atoms with E-state index in [0.29, 0.717) is 28.1 Å². The van der Waals surface area contributed by atoms with Gasteiger partial charge in [-0.1, -0.05) is 59.6 Å². The van der Waals surface area contributed by atoms with E-state index in [0.717, 1.165) is 16.2 Å². The Kier molecular flexibility index (Phi) is 5.16. The summed E-state index contributed by atoms with van der Waals surface area (Å²) in [5, 5.41) is 3.47. The molecule has 0 atom stereocenters. The zero-order valence-electron chi connectivity index (χ0n) is 12.0. The van der Waals surface area contributed by atoms with Crippen molar-refractivity contribution >= 4 is 51.5 Å². The first-order valence-corrected chi connectivity index (χ1v) is 8.71. The molecule has 23 heavy (non-hydrogen) atoms. The van der Waals surface area contributed by atoms with Crippen molar-refractivity contribution in [3.05, 3.63) is 69.9 Å². The van der Waals surface area contributed by atoms with Crippen LogP contribution in [0.25, 0.3) is 4.91 Å². The van der Waals surface area contributed by atoms with Gasteiger partial charge in [-0.15, -0.1) is 11.8 Å². The number of rotatable bonds is 3. The van der Waals surface area contributed by atoms with E-state index in [-0.39, 0.29) is 5.91 Å². The number of benzene rings is 2. The number of ether oxygens (including phenoxy) is 1. The van der Waals surface area contributed by atoms with Crippen LogP contribution in [0, 0.1) is 0 Å². The summed E-state index contributed by atoms with van der Waals surface area (Å²) in [5.41, 5.74) is 1.42. The molecule has 3 rings (SSSR count). The van der Waals surface area contributed by atoms with Crippen molar-refractivity contribution in [3.8, 4) is 0 Å². The van der Waals surface area contributed by atoms with Crippen molar-refractivity contribution in [2.24, 2.45) is 0 Å². The summed E-state index contributed by atoms with van der Waals surface area (Å²) in [5.74, 6) is 0.780. The monoisotopic (exact) mass is 365 g/mol. The molecule has 2 aromatic carbocycles. The molecule has 1 aliphatic heterocycles. The Morgan fingerprint density at radius 3 is 2.65 bits per heavy atom. The lowest BCUT2D eigenvalue weighted by molar-refractivity contribution is -0.115. The first-order chi connectivity index (χ1) is 11.2. The Morgan fingerprint density at radius 2 is 1.87 bits per heavy atom. The van der Waals surface area contributed by atoms with Gasteiger partial charge >= 0.3 is 0 Å². The Labute approximate surface area is 148 Å². The van der Waals surface area contributed by atoms with Crippen LogP contribution >= 0.6 is 35.0 Å². The standard InChI is InChI=1S/C17H13Cl2NO2S/c18-12-7-4-8-13(14(12)19)20-17(21)15-16(23-10-9-22-15)11-5-2-1-3-6-11/h1-8H,9-10H2,(H,20,21). The van der Waals surface area contributed by atoms with Gasteiger partial charge < -0.3 is 10.1 Å². The van der Waals surface area contributed by atoms with Gasteiger partial charge in [0.15, 0.2) is 5.76 Å². The molecule has 0 saturated carbocycles. The number of nitrogens with one attached hydrogen (secondary N) is 1. The van der Waals surface area contributed by atoms with Gasteiger partial charge in [-0.25, -0.2) is 0 Å². The van der Waals surface area contributed by atoms with E-state index in [2.05, 4.69) is 5.32 Å². The first kappa shape index (κ1) is 16.2. The van der Waals surface area contributed by atoms with Gasteiger partial charge in [0.05, 0.1) is 27.2 Å². The van der Waals surface area contributed by atoms with Gasteiger partial charge in [0.25, 0.3) is 5.91 Å². The van der Waals surface area contributed by atoms with Crippen LogP contribution in [0.1, 0.15) is 5.56 Å². The van der Waals surface area contributed by atoms with Crippen LogP contribution in [0.5, 0.6) is 0 Å². The maximum atomic E-state index is 12.6. The van der Waals surface area contributed by atoms with E-state index in [1.807, 2.05) is 30.3 Å². The molecule has 0 aliphatic carbocycles. The predicted molar refractivity (Wildman–Crippen MR) is 96.9 cm³/mol. The molecule has 0 bridgehead atoms. The molecule has 1 amide bonds. The highest BCUT2D eigenvalue weighted by atomic mass is 35.5. The minimum absolute atomic E-state index is 0.309. The molecular formula is C17H13Cl2NO2S. The Balaban J connectivity index is 1.92. The van der Waals surface area contributed by atoms with Gasteiger partial charge in [0, 0.05) is 5.75 Å². The average Bonchev–Trinajstić information content (AvgIpc) is 2.60. The number of hydrogen-bond donors (Lipinski definition) is 1. The highest BCUT2D eigenvalue weighted by Gasteiger charge is 2.23. The minimum Gasteiger partial charge on any atom is -0.486 e. The van der Waals surface area contributed by atoms with Crippen molar-refractivity contribution in [1.29, 1.82) is 0 Å². The van der Waals surface area contributed by atoms with Crippen LogP contribution in [0.2, 0.25) is 10.0 Å². The van der Waals surface area contributed by atoms with Gasteiger partial charge in [0.2, 0.25) is 0 Å². The molecule has 0 aromatic heterocycles. The lowest BCUT2D eigenvalue weighted by atomic mass is 10.2. The molecule has 6 heteroatoms. The zero-order valence-corrected chi connectivity index (χ0v) is 14.3. The molecular weight excluding hydrogens is 353 g/mol. The van der Waals surface area contributed by atoms with Gasteiger partial charge in [0.1, 0.15) is 0 Å². The molecule has 1 N–H and O–H groups in total. The van der Waals surface area contributed by atoms with Crippen molar-refractivity contribution in [3.63, 3.8) is 0 Å². The fraction of sp³-hybridized carbons (Fsp3) is 0.118. The molecule has 0 unspecified atom stereocenters. The lowest BCUT2D eigenvalue weighted by Crippen LogP contribution is -2.21. The topological polar surface area (TPSA) is 38.3 Å². The fourth-order valence-electron chi connectivity index (χ4n) is 2.17. The van der Waals surface area contributed by atoms with Crippen molar-refractivity contribution < 1.29 is 9.53 Å². The number of thioether (sulfide) groups is 1. The molecule has 0 radical (unpaired) electrons. The Bertz CT molecular complexity index is 762. The van der Waals surface area contributed by atoms with Crippen LogP contribution in [-0.4, -0.2) is 18.3 Å². The molecule has 118 valence electrons. The average molecular weight is 366 g/mol. The van der Waals surface area contributed by atoms with Crippen LogP contribution in [-0.2, 0) is 9.53 Å². The Morgan fingerprint density at radius 1 is 1.09 bits per heavy atom. The van der Waals surface area contributed by atoms with Crippen LogP contribution < -0.4 is 5.32 Å². The van der Waals surface area contributed by atoms with E-state index >= 15 is 0 Å². The SMILES string of the molecule is O=C(Nc1cccc(Cl)c1Cl)C1=C(c2ccccc2)SCCO1. The van der Waals surface area contributed by atoms with Crippen molar-refractivity contribution in [1.82, 2.24) is 0 Å². The second-order valence-corrected chi connectivity index (χ2v) is 6.67. The van der Waals surface area contributed by atoms with Gasteiger partial charge in [-0.3, -0.25) is 4.79 Å². The highest BCUT2D eigenvalue weighted by molar-refractivity contribution is 8.08. The second kappa shape index (κ2) is 7.30. The summed E-state index contributed by atoms with van der Waals surface area (Å²) in [6, 6.07) is 14.8. The normalized spacial score (nSPS) is 14.3.